The van der Waals surface area contributed by atoms with Crippen LogP contribution in [0.4, 0.5) is 10.2 Å². The number of anilines is 1. The number of rotatable bonds is 8. The predicted octanol–water partition coefficient (Wildman–Crippen LogP) is 2.69. The molecule has 0 aromatic carbocycles. The maximum absolute atomic E-state index is 14.6. The first-order valence-corrected chi connectivity index (χ1v) is 10.3. The van der Waals surface area contributed by atoms with Crippen molar-refractivity contribution in [1.29, 1.82) is 0 Å². The van der Waals surface area contributed by atoms with Crippen LogP contribution in [0.3, 0.4) is 0 Å². The molecule has 1 fully saturated rings. The van der Waals surface area contributed by atoms with Crippen molar-refractivity contribution in [3.63, 3.8) is 0 Å². The second-order valence-corrected chi connectivity index (χ2v) is 8.00. The highest BCUT2D eigenvalue weighted by molar-refractivity contribution is 7.53. The van der Waals surface area contributed by atoms with Crippen LogP contribution in [0, 0.1) is 0 Å². The Hall–Kier alpha value is -1.61. The number of nitrogens with two attached hydrogens (primary N) is 1. The van der Waals surface area contributed by atoms with Crippen molar-refractivity contribution in [3.8, 4) is 0 Å². The van der Waals surface area contributed by atoms with Crippen LogP contribution in [0.2, 0.25) is 0 Å². The van der Waals surface area contributed by atoms with Crippen LogP contribution in [0.15, 0.2) is 12.7 Å². The van der Waals surface area contributed by atoms with Gasteiger partial charge >= 0.3 is 7.60 Å². The van der Waals surface area contributed by atoms with Crippen LogP contribution in [-0.2, 0) is 18.3 Å². The van der Waals surface area contributed by atoms with E-state index >= 15 is 0 Å². The molecule has 0 aliphatic heterocycles. The number of aromatic nitrogens is 4. The lowest BCUT2D eigenvalue weighted by Gasteiger charge is -2.19. The lowest BCUT2D eigenvalue weighted by Crippen LogP contribution is -2.14. The van der Waals surface area contributed by atoms with Crippen molar-refractivity contribution >= 4 is 24.6 Å². The average molecular weight is 387 g/mol. The average Bonchev–Trinajstić information content (AvgIpc) is 3.18. The van der Waals surface area contributed by atoms with Crippen molar-refractivity contribution < 1.29 is 22.7 Å². The van der Waals surface area contributed by atoms with E-state index in [0.717, 1.165) is 0 Å². The minimum atomic E-state index is -3.32. The molecule has 9 nitrogen and oxygen atoms in total. The molecule has 0 amide bonds. The number of alkyl halides is 1. The predicted molar refractivity (Wildman–Crippen MR) is 93.5 cm³/mol. The largest absolute Gasteiger partial charge is 0.382 e. The second-order valence-electron chi connectivity index (χ2n) is 6.00. The molecule has 0 radical (unpaired) electrons. The third kappa shape index (κ3) is 3.88. The van der Waals surface area contributed by atoms with Gasteiger partial charge in [-0.25, -0.2) is 19.3 Å². The fourth-order valence-electron chi connectivity index (χ4n) is 3.16. The van der Waals surface area contributed by atoms with E-state index in [0.29, 0.717) is 17.6 Å². The van der Waals surface area contributed by atoms with Gasteiger partial charge in [0.1, 0.15) is 24.4 Å². The summed E-state index contributed by atoms with van der Waals surface area (Å²) >= 11 is 0. The van der Waals surface area contributed by atoms with E-state index in [1.165, 1.54) is 12.7 Å². The number of nitrogens with zero attached hydrogens (tertiary/aromatic N) is 4. The van der Waals surface area contributed by atoms with Gasteiger partial charge in [-0.15, -0.1) is 0 Å². The van der Waals surface area contributed by atoms with Gasteiger partial charge in [0.05, 0.1) is 31.7 Å². The molecule has 144 valence electrons. The third-order valence-electron chi connectivity index (χ3n) is 4.27. The number of fused-ring (bicyclic) bond motifs is 1. The summed E-state index contributed by atoms with van der Waals surface area (Å²) in [6.45, 7) is 3.96. The Morgan fingerprint density at radius 1 is 1.27 bits per heavy atom. The summed E-state index contributed by atoms with van der Waals surface area (Å²) < 4.78 is 44.8. The van der Waals surface area contributed by atoms with Gasteiger partial charge in [0.15, 0.2) is 11.5 Å². The number of ether oxygens (including phenoxy) is 1. The summed E-state index contributed by atoms with van der Waals surface area (Å²) in [7, 11) is -3.32. The summed E-state index contributed by atoms with van der Waals surface area (Å²) in [6, 6.07) is -0.488. The maximum atomic E-state index is 14.6. The van der Waals surface area contributed by atoms with Gasteiger partial charge in [0.25, 0.3) is 0 Å². The molecule has 0 spiro atoms. The van der Waals surface area contributed by atoms with Crippen LogP contribution in [0.25, 0.3) is 11.2 Å². The molecule has 11 heteroatoms. The minimum Gasteiger partial charge on any atom is -0.382 e. The highest BCUT2D eigenvalue weighted by Gasteiger charge is 2.38. The molecule has 3 atom stereocenters. The quantitative estimate of drug-likeness (QED) is 0.688. The lowest BCUT2D eigenvalue weighted by atomic mass is 10.2. The summed E-state index contributed by atoms with van der Waals surface area (Å²) in [5, 5.41) is 0. The molecule has 3 unspecified atom stereocenters. The molecular weight excluding hydrogens is 364 g/mol. The first-order valence-electron chi connectivity index (χ1n) is 8.54. The number of hydrogen-bond donors (Lipinski definition) is 1. The second kappa shape index (κ2) is 7.96. The van der Waals surface area contributed by atoms with Crippen molar-refractivity contribution in [3.05, 3.63) is 12.7 Å². The van der Waals surface area contributed by atoms with Gasteiger partial charge in [0.2, 0.25) is 0 Å². The van der Waals surface area contributed by atoms with Gasteiger partial charge in [0, 0.05) is 6.42 Å². The Balaban J connectivity index is 1.69. The molecule has 0 saturated heterocycles. The Labute approximate surface area is 150 Å². The molecule has 2 aromatic rings. The normalized spacial score (nSPS) is 23.7. The fourth-order valence-corrected chi connectivity index (χ4v) is 4.56. The molecule has 1 saturated carbocycles. The Morgan fingerprint density at radius 3 is 2.69 bits per heavy atom. The zero-order valence-corrected chi connectivity index (χ0v) is 15.6. The van der Waals surface area contributed by atoms with Crippen LogP contribution in [-0.4, -0.2) is 51.4 Å². The number of halogens is 1. The molecule has 2 aromatic heterocycles. The summed E-state index contributed by atoms with van der Waals surface area (Å²) in [5.41, 5.74) is 6.71. The van der Waals surface area contributed by atoms with Crippen molar-refractivity contribution in [1.82, 2.24) is 19.5 Å². The number of hydrogen-bond acceptors (Lipinski definition) is 8. The van der Waals surface area contributed by atoms with Crippen LogP contribution < -0.4 is 5.73 Å². The van der Waals surface area contributed by atoms with Crippen LogP contribution in [0.5, 0.6) is 0 Å². The first kappa shape index (κ1) is 19.2. The Morgan fingerprint density at radius 2 is 2.00 bits per heavy atom. The van der Waals surface area contributed by atoms with Gasteiger partial charge in [-0.05, 0) is 20.3 Å². The highest BCUT2D eigenvalue weighted by Crippen LogP contribution is 2.49. The van der Waals surface area contributed by atoms with Crippen LogP contribution in [0.1, 0.15) is 32.7 Å². The standard InChI is InChI=1S/C15H23FN5O4P/c1-3-24-26(22,25-4-2)9-23-10-5-11(16)12(6-10)21-8-20-13-14(17)18-7-19-15(13)21/h7-8,10-12H,3-6,9H2,1-2H3,(H2,17,18,19). The van der Waals surface area contributed by atoms with Crippen molar-refractivity contribution in [2.24, 2.45) is 0 Å². The monoisotopic (exact) mass is 387 g/mol. The van der Waals surface area contributed by atoms with Gasteiger partial charge in [-0.3, -0.25) is 4.57 Å². The Kier molecular flexibility index (Phi) is 5.86. The lowest BCUT2D eigenvalue weighted by molar-refractivity contribution is 0.0654. The van der Waals surface area contributed by atoms with Crippen molar-refractivity contribution in [2.45, 2.75) is 45.0 Å². The zero-order valence-electron chi connectivity index (χ0n) is 14.7. The van der Waals surface area contributed by atoms with Gasteiger partial charge in [-0.2, -0.15) is 0 Å². The Bertz CT molecular complexity index is 793. The van der Waals surface area contributed by atoms with E-state index in [-0.39, 0.29) is 31.8 Å². The molecule has 2 heterocycles. The first-order chi connectivity index (χ1) is 12.5. The maximum Gasteiger partial charge on any atom is 0.356 e. The molecule has 0 bridgehead atoms. The van der Waals surface area contributed by atoms with Gasteiger partial charge < -0.3 is 24.1 Å². The van der Waals surface area contributed by atoms with E-state index in [4.69, 9.17) is 19.5 Å². The summed E-state index contributed by atoms with van der Waals surface area (Å²) in [6.07, 6.45) is 1.68. The highest BCUT2D eigenvalue weighted by atomic mass is 31.2. The third-order valence-corrected chi connectivity index (χ3v) is 6.04. The van der Waals surface area contributed by atoms with E-state index < -0.39 is 25.9 Å². The summed E-state index contributed by atoms with van der Waals surface area (Å²) in [5.74, 6) is 0.254. The van der Waals surface area contributed by atoms with Gasteiger partial charge in [-0.1, -0.05) is 0 Å². The molecule has 1 aliphatic rings. The molecule has 3 rings (SSSR count). The fraction of sp³-hybridized carbons (Fsp3) is 0.667. The SMILES string of the molecule is CCOP(=O)(COC1CC(F)C(n2cnc3c(N)ncnc32)C1)OCC. The van der Waals surface area contributed by atoms with E-state index in [9.17, 15) is 8.96 Å². The van der Waals surface area contributed by atoms with E-state index in [2.05, 4.69) is 15.0 Å². The van der Waals surface area contributed by atoms with E-state index in [1.807, 2.05) is 0 Å². The molecular formula is C15H23FN5O4P. The number of imidazole rings is 1. The number of nitrogen functional groups attached to an aromatic ring is 1. The zero-order chi connectivity index (χ0) is 18.7. The molecule has 2 N–H and O–H groups in total. The topological polar surface area (TPSA) is 114 Å². The van der Waals surface area contributed by atoms with Crippen LogP contribution >= 0.6 is 7.60 Å². The van der Waals surface area contributed by atoms with E-state index in [1.54, 1.807) is 18.4 Å². The van der Waals surface area contributed by atoms with Crippen molar-refractivity contribution in [2.75, 3.05) is 25.3 Å². The molecule has 26 heavy (non-hydrogen) atoms. The minimum absolute atomic E-state index is 0.184. The molecule has 1 aliphatic carbocycles. The summed E-state index contributed by atoms with van der Waals surface area (Å²) in [4.78, 5) is 12.2. The smallest absolute Gasteiger partial charge is 0.356 e.